The summed E-state index contributed by atoms with van der Waals surface area (Å²) >= 11 is 0. The summed E-state index contributed by atoms with van der Waals surface area (Å²) < 4.78 is 11.2. The standard InChI is InChI=1S/C14H21NO3/c1-14(2,16)10-5-6-12(17-4)13(7-10)18-11-8-15(3)9-11/h5-7,11,16H,8-9H2,1-4H3. The van der Waals surface area contributed by atoms with Crippen molar-refractivity contribution in [3.8, 4) is 11.5 Å². The fourth-order valence-electron chi connectivity index (χ4n) is 2.05. The largest absolute Gasteiger partial charge is 0.493 e. The second-order valence-electron chi connectivity index (χ2n) is 5.39. The predicted molar refractivity (Wildman–Crippen MR) is 70.2 cm³/mol. The topological polar surface area (TPSA) is 41.9 Å². The molecule has 0 atom stereocenters. The third kappa shape index (κ3) is 2.76. The number of hydrogen-bond donors (Lipinski definition) is 1. The monoisotopic (exact) mass is 251 g/mol. The Morgan fingerprint density at radius 2 is 1.94 bits per heavy atom. The molecule has 1 aliphatic heterocycles. The molecule has 0 radical (unpaired) electrons. The van der Waals surface area contributed by atoms with Crippen molar-refractivity contribution in [3.05, 3.63) is 23.8 Å². The van der Waals surface area contributed by atoms with Gasteiger partial charge >= 0.3 is 0 Å². The summed E-state index contributed by atoms with van der Waals surface area (Å²) in [7, 11) is 3.68. The summed E-state index contributed by atoms with van der Waals surface area (Å²) in [5, 5.41) is 10.0. The molecule has 0 spiro atoms. The van der Waals surface area contributed by atoms with Crippen LogP contribution in [-0.4, -0.2) is 43.4 Å². The van der Waals surface area contributed by atoms with Gasteiger partial charge in [-0.3, -0.25) is 4.90 Å². The number of nitrogens with zero attached hydrogens (tertiary/aromatic N) is 1. The van der Waals surface area contributed by atoms with Gasteiger partial charge in [-0.15, -0.1) is 0 Å². The van der Waals surface area contributed by atoms with Gasteiger partial charge in [0.05, 0.1) is 12.7 Å². The molecule has 100 valence electrons. The van der Waals surface area contributed by atoms with Crippen LogP contribution in [0.4, 0.5) is 0 Å². The highest BCUT2D eigenvalue weighted by Gasteiger charge is 2.27. The molecule has 1 N–H and O–H groups in total. The lowest BCUT2D eigenvalue weighted by Crippen LogP contribution is -2.51. The van der Waals surface area contributed by atoms with E-state index >= 15 is 0 Å². The fraction of sp³-hybridized carbons (Fsp3) is 0.571. The van der Waals surface area contributed by atoms with Crippen molar-refractivity contribution in [1.29, 1.82) is 0 Å². The van der Waals surface area contributed by atoms with Crippen LogP contribution in [0.3, 0.4) is 0 Å². The lowest BCUT2D eigenvalue weighted by atomic mass is 9.98. The first-order valence-electron chi connectivity index (χ1n) is 6.16. The zero-order valence-electron chi connectivity index (χ0n) is 11.4. The van der Waals surface area contributed by atoms with Crippen molar-refractivity contribution in [1.82, 2.24) is 4.90 Å². The maximum absolute atomic E-state index is 10.0. The summed E-state index contributed by atoms with van der Waals surface area (Å²) in [5.41, 5.74) is -0.0492. The molecule has 0 saturated carbocycles. The third-order valence-corrected chi connectivity index (χ3v) is 3.19. The Bertz CT molecular complexity index is 420. The molecular formula is C14H21NO3. The molecule has 1 aromatic carbocycles. The van der Waals surface area contributed by atoms with Gasteiger partial charge in [-0.05, 0) is 38.6 Å². The van der Waals surface area contributed by atoms with E-state index in [0.717, 1.165) is 18.7 Å². The van der Waals surface area contributed by atoms with Crippen LogP contribution in [0.5, 0.6) is 11.5 Å². The Hall–Kier alpha value is -1.26. The Balaban J connectivity index is 2.20. The van der Waals surface area contributed by atoms with E-state index in [0.29, 0.717) is 11.5 Å². The third-order valence-electron chi connectivity index (χ3n) is 3.19. The van der Waals surface area contributed by atoms with E-state index in [4.69, 9.17) is 9.47 Å². The smallest absolute Gasteiger partial charge is 0.162 e. The summed E-state index contributed by atoms with van der Waals surface area (Å²) in [4.78, 5) is 2.19. The number of methoxy groups -OCH3 is 1. The van der Waals surface area contributed by atoms with E-state index < -0.39 is 5.60 Å². The van der Waals surface area contributed by atoms with Crippen LogP contribution in [0.15, 0.2) is 18.2 Å². The van der Waals surface area contributed by atoms with Gasteiger partial charge in [0.25, 0.3) is 0 Å². The van der Waals surface area contributed by atoms with Gasteiger partial charge in [0.2, 0.25) is 0 Å². The second-order valence-corrected chi connectivity index (χ2v) is 5.39. The molecule has 1 heterocycles. The van der Waals surface area contributed by atoms with Crippen molar-refractivity contribution in [2.24, 2.45) is 0 Å². The van der Waals surface area contributed by atoms with E-state index in [1.54, 1.807) is 21.0 Å². The average Bonchev–Trinajstić information content (AvgIpc) is 2.25. The van der Waals surface area contributed by atoms with Crippen molar-refractivity contribution < 1.29 is 14.6 Å². The molecule has 0 aromatic heterocycles. The van der Waals surface area contributed by atoms with Crippen LogP contribution < -0.4 is 9.47 Å². The average molecular weight is 251 g/mol. The van der Waals surface area contributed by atoms with Gasteiger partial charge in [0, 0.05) is 13.1 Å². The molecule has 4 nitrogen and oxygen atoms in total. The molecule has 0 unspecified atom stereocenters. The highest BCUT2D eigenvalue weighted by atomic mass is 16.5. The van der Waals surface area contributed by atoms with Crippen LogP contribution >= 0.6 is 0 Å². The molecule has 2 rings (SSSR count). The Kier molecular flexibility index (Phi) is 3.50. The highest BCUT2D eigenvalue weighted by molar-refractivity contribution is 5.44. The zero-order valence-corrected chi connectivity index (χ0v) is 11.4. The van der Waals surface area contributed by atoms with Crippen LogP contribution in [-0.2, 0) is 5.60 Å². The van der Waals surface area contributed by atoms with Crippen molar-refractivity contribution in [3.63, 3.8) is 0 Å². The van der Waals surface area contributed by atoms with Gasteiger partial charge in [-0.25, -0.2) is 0 Å². The maximum atomic E-state index is 10.0. The SMILES string of the molecule is COc1ccc(C(C)(C)O)cc1OC1CN(C)C1. The zero-order chi connectivity index (χ0) is 13.3. The van der Waals surface area contributed by atoms with E-state index in [-0.39, 0.29) is 6.10 Å². The predicted octanol–water partition coefficient (Wildman–Crippen LogP) is 1.62. The van der Waals surface area contributed by atoms with Gasteiger partial charge in [-0.2, -0.15) is 0 Å². The van der Waals surface area contributed by atoms with Gasteiger partial charge in [-0.1, -0.05) is 6.07 Å². The van der Waals surface area contributed by atoms with Crippen LogP contribution in [0.25, 0.3) is 0 Å². The Labute approximate surface area is 108 Å². The minimum atomic E-state index is -0.874. The number of likely N-dealkylation sites (tertiary alicyclic amines) is 1. The lowest BCUT2D eigenvalue weighted by molar-refractivity contribution is 0.0359. The summed E-state index contributed by atoms with van der Waals surface area (Å²) in [6.45, 7) is 5.37. The van der Waals surface area contributed by atoms with Crippen molar-refractivity contribution in [2.45, 2.75) is 25.6 Å². The molecular weight excluding hydrogens is 230 g/mol. The van der Waals surface area contributed by atoms with Gasteiger partial charge in [0.1, 0.15) is 6.10 Å². The fourth-order valence-corrected chi connectivity index (χ4v) is 2.05. The first-order chi connectivity index (χ1) is 8.40. The minimum absolute atomic E-state index is 0.209. The molecule has 1 aromatic rings. The van der Waals surface area contributed by atoms with Crippen LogP contribution in [0, 0.1) is 0 Å². The number of likely N-dealkylation sites (N-methyl/N-ethyl adjacent to an activating group) is 1. The van der Waals surface area contributed by atoms with E-state index in [1.807, 2.05) is 18.2 Å². The first kappa shape index (κ1) is 13.2. The van der Waals surface area contributed by atoms with E-state index in [2.05, 4.69) is 11.9 Å². The first-order valence-corrected chi connectivity index (χ1v) is 6.16. The number of hydrogen-bond acceptors (Lipinski definition) is 4. The number of ether oxygens (including phenoxy) is 2. The number of aliphatic hydroxyl groups is 1. The molecule has 0 bridgehead atoms. The number of benzene rings is 1. The molecule has 4 heteroatoms. The molecule has 1 saturated heterocycles. The lowest BCUT2D eigenvalue weighted by Gasteiger charge is -2.36. The molecule has 1 aliphatic rings. The number of rotatable bonds is 4. The molecule has 0 aliphatic carbocycles. The van der Waals surface area contributed by atoms with Gasteiger partial charge < -0.3 is 14.6 Å². The van der Waals surface area contributed by atoms with E-state index in [9.17, 15) is 5.11 Å². The molecule has 1 fully saturated rings. The summed E-state index contributed by atoms with van der Waals surface area (Å²) in [5.74, 6) is 1.41. The summed E-state index contributed by atoms with van der Waals surface area (Å²) in [6, 6.07) is 5.56. The quantitative estimate of drug-likeness (QED) is 0.883. The molecule has 18 heavy (non-hydrogen) atoms. The summed E-state index contributed by atoms with van der Waals surface area (Å²) in [6.07, 6.45) is 0.209. The van der Waals surface area contributed by atoms with Gasteiger partial charge in [0.15, 0.2) is 11.5 Å². The maximum Gasteiger partial charge on any atom is 0.162 e. The van der Waals surface area contributed by atoms with Crippen molar-refractivity contribution >= 4 is 0 Å². The Morgan fingerprint density at radius 3 is 2.44 bits per heavy atom. The minimum Gasteiger partial charge on any atom is -0.493 e. The highest BCUT2D eigenvalue weighted by Crippen LogP contribution is 2.33. The second kappa shape index (κ2) is 4.78. The Morgan fingerprint density at radius 1 is 1.28 bits per heavy atom. The molecule has 0 amide bonds. The normalized spacial score (nSPS) is 17.4. The van der Waals surface area contributed by atoms with Crippen LogP contribution in [0.1, 0.15) is 19.4 Å². The van der Waals surface area contributed by atoms with Crippen molar-refractivity contribution in [2.75, 3.05) is 27.2 Å². The van der Waals surface area contributed by atoms with E-state index in [1.165, 1.54) is 0 Å². The van der Waals surface area contributed by atoms with Crippen LogP contribution in [0.2, 0.25) is 0 Å².